The first kappa shape index (κ1) is 49.5. The number of fused-ring (bicyclic) bond motifs is 1. The van der Waals surface area contributed by atoms with Crippen molar-refractivity contribution in [3.8, 4) is 11.5 Å². The minimum Gasteiger partial charge on any atom is -0.456 e. The van der Waals surface area contributed by atoms with Crippen LogP contribution >= 0.6 is 23.2 Å². The number of halogens is 2. The number of benzene rings is 3. The summed E-state index contributed by atoms with van der Waals surface area (Å²) >= 11 is 12.9. The number of rotatable bonds is 17. The van der Waals surface area contributed by atoms with Crippen LogP contribution in [0.25, 0.3) is 16.5 Å². The van der Waals surface area contributed by atoms with Crippen LogP contribution in [-0.4, -0.2) is 111 Å². The van der Waals surface area contributed by atoms with Gasteiger partial charge in [-0.2, -0.15) is 5.10 Å². The number of likely N-dealkylation sites (tertiary alicyclic amines) is 1. The molecule has 3 aromatic carbocycles. The summed E-state index contributed by atoms with van der Waals surface area (Å²) in [4.78, 5) is 25.8. The molecule has 4 heterocycles. The van der Waals surface area contributed by atoms with Gasteiger partial charge in [0.05, 0.1) is 27.7 Å². The normalized spacial score (nSPS) is 18.7. The van der Waals surface area contributed by atoms with E-state index in [1.54, 1.807) is 16.9 Å². The van der Waals surface area contributed by atoms with Gasteiger partial charge < -0.3 is 24.6 Å². The monoisotopic (exact) mass is 1010 g/mol. The third kappa shape index (κ3) is 12.3. The second kappa shape index (κ2) is 20.7. The molecule has 0 spiro atoms. The molecule has 368 valence electrons. The van der Waals surface area contributed by atoms with E-state index < -0.39 is 24.0 Å². The van der Waals surface area contributed by atoms with Gasteiger partial charge in [-0.05, 0) is 110 Å². The topological polar surface area (TPSA) is 134 Å². The van der Waals surface area contributed by atoms with Gasteiger partial charge in [0.25, 0.3) is 15.9 Å². The summed E-state index contributed by atoms with van der Waals surface area (Å²) in [6.45, 7) is 18.7. The van der Waals surface area contributed by atoms with Crippen LogP contribution in [-0.2, 0) is 21.5 Å². The molecule has 1 amide bonds. The molecule has 2 aliphatic carbocycles. The Labute approximate surface area is 418 Å². The zero-order chi connectivity index (χ0) is 48.5. The summed E-state index contributed by atoms with van der Waals surface area (Å²) in [5.74, 6) is 0.256. The van der Waals surface area contributed by atoms with Crippen molar-refractivity contribution in [2.45, 2.75) is 108 Å². The second-order valence-electron chi connectivity index (χ2n) is 21.3. The van der Waals surface area contributed by atoms with Crippen LogP contribution in [0.3, 0.4) is 0 Å². The highest BCUT2D eigenvalue weighted by molar-refractivity contribution is 7.90. The fraction of sp³-hybridized carbons (Fsp3) is 0.481. The largest absolute Gasteiger partial charge is 0.456 e. The molecule has 2 saturated heterocycles. The molecule has 0 bridgehead atoms. The van der Waals surface area contributed by atoms with Gasteiger partial charge in [-0.3, -0.25) is 9.69 Å². The summed E-state index contributed by atoms with van der Waals surface area (Å²) in [5, 5.41) is 9.67. The lowest BCUT2D eigenvalue weighted by Crippen LogP contribution is -2.47. The first-order chi connectivity index (χ1) is 33.0. The Morgan fingerprint density at radius 1 is 0.899 bits per heavy atom. The lowest BCUT2D eigenvalue weighted by molar-refractivity contribution is 0.0817. The Balaban J connectivity index is 0.932. The number of piperazine rings is 1. The third-order valence-electron chi connectivity index (χ3n) is 14.1. The minimum absolute atomic E-state index is 0.0526. The number of hydrogen-bond acceptors (Lipinski definition) is 11. The molecule has 0 unspecified atom stereocenters. The van der Waals surface area contributed by atoms with Gasteiger partial charge in [-0.15, -0.1) is 0 Å². The molecule has 9 rings (SSSR count). The van der Waals surface area contributed by atoms with Crippen molar-refractivity contribution in [1.82, 2.24) is 29.3 Å². The molecular weight excluding hydrogens is 948 g/mol. The van der Waals surface area contributed by atoms with E-state index in [0.29, 0.717) is 18.2 Å². The zero-order valence-corrected chi connectivity index (χ0v) is 43.9. The first-order valence-corrected chi connectivity index (χ1v) is 30.4. The molecule has 5 aromatic rings. The second-order valence-corrected chi connectivity index (χ2v) is 29.4. The van der Waals surface area contributed by atoms with E-state index in [1.807, 2.05) is 42.5 Å². The summed E-state index contributed by atoms with van der Waals surface area (Å²) in [5.41, 5.74) is 6.13. The Hall–Kier alpha value is -4.48. The molecule has 2 N–H and O–H groups in total. The SMILES string of the molecule is CC1(C)CCC(CN2CCN(c3ccc(C(=O)NS(=O)(=O)c4cnc(NC5CCN(C6CC6)CC5)c(Cl)c4)c(Oc4cccc5c4cnn5COCC[Si](C)(C)C)c3)CC2)=C(c2ccc(Cl)cc2)C1. The maximum Gasteiger partial charge on any atom is 0.268 e. The fourth-order valence-corrected chi connectivity index (χ4v) is 11.9. The van der Waals surface area contributed by atoms with Gasteiger partial charge in [0.2, 0.25) is 0 Å². The van der Waals surface area contributed by atoms with E-state index in [0.717, 1.165) is 112 Å². The van der Waals surface area contributed by atoms with Crippen LogP contribution < -0.4 is 19.7 Å². The molecule has 3 fully saturated rings. The number of nitrogens with zero attached hydrogens (tertiary/aromatic N) is 6. The molecular formula is C52H66Cl2N8O5SSi. The number of anilines is 2. The lowest BCUT2D eigenvalue weighted by atomic mass is 9.72. The number of pyridine rings is 1. The number of aromatic nitrogens is 3. The van der Waals surface area contributed by atoms with Gasteiger partial charge >= 0.3 is 0 Å². The van der Waals surface area contributed by atoms with Crippen LogP contribution in [0.5, 0.6) is 11.5 Å². The van der Waals surface area contributed by atoms with Crippen molar-refractivity contribution in [3.05, 3.63) is 106 Å². The molecule has 0 radical (unpaired) electrons. The lowest BCUT2D eigenvalue weighted by Gasteiger charge is -2.39. The number of allylic oxidation sites excluding steroid dienone is 1. The number of piperidine rings is 1. The predicted molar refractivity (Wildman–Crippen MR) is 280 cm³/mol. The van der Waals surface area contributed by atoms with Gasteiger partial charge in [-0.25, -0.2) is 22.8 Å². The quantitative estimate of drug-likeness (QED) is 0.0681. The number of nitrogens with one attached hydrogen (secondary N) is 2. The highest BCUT2D eigenvalue weighted by Crippen LogP contribution is 2.44. The van der Waals surface area contributed by atoms with E-state index in [2.05, 4.69) is 80.4 Å². The molecule has 17 heteroatoms. The van der Waals surface area contributed by atoms with Crippen LogP contribution in [0.15, 0.2) is 89.6 Å². The highest BCUT2D eigenvalue weighted by atomic mass is 35.5. The van der Waals surface area contributed by atoms with E-state index in [9.17, 15) is 13.2 Å². The summed E-state index contributed by atoms with van der Waals surface area (Å²) in [7, 11) is -5.67. The maximum absolute atomic E-state index is 14.2. The number of amides is 1. The van der Waals surface area contributed by atoms with E-state index >= 15 is 0 Å². The molecule has 13 nitrogen and oxygen atoms in total. The smallest absolute Gasteiger partial charge is 0.268 e. The molecule has 4 aliphatic rings. The molecule has 69 heavy (non-hydrogen) atoms. The van der Waals surface area contributed by atoms with Crippen molar-refractivity contribution in [3.63, 3.8) is 0 Å². The van der Waals surface area contributed by atoms with Gasteiger partial charge in [0, 0.05) is 95.6 Å². The van der Waals surface area contributed by atoms with Crippen molar-refractivity contribution in [2.24, 2.45) is 5.41 Å². The molecule has 1 saturated carbocycles. The minimum atomic E-state index is -4.40. The Bertz CT molecular complexity index is 2800. The first-order valence-electron chi connectivity index (χ1n) is 24.5. The highest BCUT2D eigenvalue weighted by Gasteiger charge is 2.33. The number of hydrogen-bond donors (Lipinski definition) is 2. The van der Waals surface area contributed by atoms with Crippen LogP contribution in [0.4, 0.5) is 11.5 Å². The molecule has 0 atom stereocenters. The van der Waals surface area contributed by atoms with Crippen molar-refractivity contribution in [2.75, 3.05) is 62.6 Å². The van der Waals surface area contributed by atoms with Gasteiger partial charge in [0.15, 0.2) is 0 Å². The summed E-state index contributed by atoms with van der Waals surface area (Å²) < 4.78 is 44.5. The van der Waals surface area contributed by atoms with E-state index in [4.69, 9.17) is 32.7 Å². The van der Waals surface area contributed by atoms with E-state index in [1.165, 1.54) is 41.8 Å². The Kier molecular flexibility index (Phi) is 14.8. The number of carbonyl (C=O) groups is 1. The molecule has 2 aliphatic heterocycles. The number of ether oxygens (including phenoxy) is 2. The Morgan fingerprint density at radius 3 is 2.36 bits per heavy atom. The fourth-order valence-electron chi connectivity index (χ4n) is 9.75. The van der Waals surface area contributed by atoms with Crippen molar-refractivity contribution in [1.29, 1.82) is 0 Å². The van der Waals surface area contributed by atoms with E-state index in [-0.39, 0.29) is 39.4 Å². The maximum atomic E-state index is 14.2. The van der Waals surface area contributed by atoms with Crippen LogP contribution in [0.2, 0.25) is 35.7 Å². The van der Waals surface area contributed by atoms with Crippen molar-refractivity contribution >= 4 is 75.2 Å². The summed E-state index contributed by atoms with van der Waals surface area (Å²) in [6, 6.07) is 22.5. The Morgan fingerprint density at radius 2 is 1.65 bits per heavy atom. The summed E-state index contributed by atoms with van der Waals surface area (Å²) in [6.07, 6.45) is 10.7. The van der Waals surface area contributed by atoms with Crippen molar-refractivity contribution < 1.29 is 22.7 Å². The van der Waals surface area contributed by atoms with Gasteiger partial charge in [0.1, 0.15) is 28.9 Å². The third-order valence-corrected chi connectivity index (χ3v) is 17.6. The average Bonchev–Trinajstić information content (AvgIpc) is 4.08. The predicted octanol–water partition coefficient (Wildman–Crippen LogP) is 10.8. The zero-order valence-electron chi connectivity index (χ0n) is 40.6. The van der Waals surface area contributed by atoms with Gasteiger partial charge in [-0.1, -0.05) is 80.5 Å². The van der Waals surface area contributed by atoms with Crippen LogP contribution in [0.1, 0.15) is 74.7 Å². The molecule has 2 aromatic heterocycles. The standard InChI is InChI=1S/C52H66Cl2N8O5SSi/c1-52(2)20-17-37(44(31-52)36-9-11-38(53)12-10-36)34-59-23-25-61(26-24-59)41-15-16-43(49(29-41)67-48-8-6-7-47-45(48)33-56-62(47)35-66-27-28-69(3,4)5)51(63)58-68(64,65)42-30-46(54)50(55-32-42)57-39-18-21-60(22-19-39)40-13-14-40/h6-12,15-16,29-30,32-33,39-40H,13-14,17-28,31,34-35H2,1-5H3,(H,55,57)(H,58,63). The van der Waals surface area contributed by atoms with Crippen LogP contribution in [0, 0.1) is 5.41 Å². The average molecular weight is 1010 g/mol. The number of carbonyl (C=O) groups excluding carboxylic acids is 1. The number of sulfonamides is 1.